The molecule has 2 atom stereocenters. The molecule has 5 heteroatoms. The van der Waals surface area contributed by atoms with E-state index < -0.39 is 0 Å². The zero-order chi connectivity index (χ0) is 13.8. The van der Waals surface area contributed by atoms with Crippen LogP contribution >= 0.6 is 0 Å². The number of nitrogens with one attached hydrogen (secondary N) is 1. The van der Waals surface area contributed by atoms with Gasteiger partial charge in [0.05, 0.1) is 5.92 Å². The third kappa shape index (κ3) is 3.93. The molecule has 0 spiro atoms. The lowest BCUT2D eigenvalue weighted by Gasteiger charge is -2.33. The van der Waals surface area contributed by atoms with Gasteiger partial charge in [-0.05, 0) is 31.6 Å². The summed E-state index contributed by atoms with van der Waals surface area (Å²) in [5.41, 5.74) is 5.54. The van der Waals surface area contributed by atoms with Crippen LogP contribution < -0.4 is 11.1 Å². The van der Waals surface area contributed by atoms with Gasteiger partial charge in [-0.1, -0.05) is 6.92 Å². The minimum atomic E-state index is -0.145. The van der Waals surface area contributed by atoms with Crippen LogP contribution in [0.25, 0.3) is 0 Å². The van der Waals surface area contributed by atoms with E-state index in [2.05, 4.69) is 5.32 Å². The maximum Gasteiger partial charge on any atom is 0.226 e. The molecule has 2 fully saturated rings. The molecule has 2 unspecified atom stereocenters. The Balaban J connectivity index is 1.81. The van der Waals surface area contributed by atoms with Gasteiger partial charge >= 0.3 is 0 Å². The Hall–Kier alpha value is -1.10. The van der Waals surface area contributed by atoms with E-state index in [4.69, 9.17) is 5.73 Å². The van der Waals surface area contributed by atoms with Crippen molar-refractivity contribution in [1.82, 2.24) is 10.2 Å². The van der Waals surface area contributed by atoms with Crippen LogP contribution in [-0.2, 0) is 9.59 Å². The highest BCUT2D eigenvalue weighted by Crippen LogP contribution is 2.28. The van der Waals surface area contributed by atoms with Crippen LogP contribution in [0, 0.1) is 17.8 Å². The first kappa shape index (κ1) is 14.3. The van der Waals surface area contributed by atoms with Gasteiger partial charge in [-0.3, -0.25) is 9.59 Å². The summed E-state index contributed by atoms with van der Waals surface area (Å²) in [6, 6.07) is 0. The summed E-state index contributed by atoms with van der Waals surface area (Å²) in [4.78, 5) is 26.0. The summed E-state index contributed by atoms with van der Waals surface area (Å²) < 4.78 is 0. The average Bonchev–Trinajstić information content (AvgIpc) is 3.27. The molecule has 0 radical (unpaired) electrons. The van der Waals surface area contributed by atoms with Crippen LogP contribution in [0.4, 0.5) is 0 Å². The fourth-order valence-electron chi connectivity index (χ4n) is 2.52. The zero-order valence-electron chi connectivity index (χ0n) is 11.7. The number of nitrogens with two attached hydrogens (primary N) is 1. The molecule has 2 amide bonds. The standard InChI is InChI=1S/C14H25N3O2/c1-10(7-15)14(19)17-6-2-3-12(9-17)13(18)16-8-11-4-5-11/h10-12H,2-9,15H2,1H3,(H,16,18). The molecule has 1 saturated heterocycles. The van der Waals surface area contributed by atoms with Crippen LogP contribution in [0.15, 0.2) is 0 Å². The van der Waals surface area contributed by atoms with Gasteiger partial charge in [0.2, 0.25) is 11.8 Å². The van der Waals surface area contributed by atoms with Crippen molar-refractivity contribution >= 4 is 11.8 Å². The minimum Gasteiger partial charge on any atom is -0.356 e. The van der Waals surface area contributed by atoms with Crippen LogP contribution in [0.3, 0.4) is 0 Å². The van der Waals surface area contributed by atoms with Gasteiger partial charge in [0.25, 0.3) is 0 Å². The van der Waals surface area contributed by atoms with E-state index >= 15 is 0 Å². The van der Waals surface area contributed by atoms with Crippen LogP contribution in [0.2, 0.25) is 0 Å². The van der Waals surface area contributed by atoms with Gasteiger partial charge in [-0.25, -0.2) is 0 Å². The molecule has 19 heavy (non-hydrogen) atoms. The van der Waals surface area contributed by atoms with Crippen LogP contribution in [0.5, 0.6) is 0 Å². The van der Waals surface area contributed by atoms with Crippen LogP contribution in [-0.4, -0.2) is 42.9 Å². The Labute approximate surface area is 114 Å². The Morgan fingerprint density at radius 3 is 2.74 bits per heavy atom. The predicted molar refractivity (Wildman–Crippen MR) is 73.3 cm³/mol. The van der Waals surface area contributed by atoms with Gasteiger partial charge in [-0.2, -0.15) is 0 Å². The van der Waals surface area contributed by atoms with Crippen molar-refractivity contribution in [2.24, 2.45) is 23.5 Å². The number of hydrogen-bond donors (Lipinski definition) is 2. The summed E-state index contributed by atoms with van der Waals surface area (Å²) >= 11 is 0. The first-order chi connectivity index (χ1) is 9.11. The van der Waals surface area contributed by atoms with E-state index in [1.807, 2.05) is 11.8 Å². The maximum atomic E-state index is 12.1. The molecule has 0 aromatic carbocycles. The summed E-state index contributed by atoms with van der Waals surface area (Å²) in [6.07, 6.45) is 4.27. The first-order valence-electron chi connectivity index (χ1n) is 7.38. The Morgan fingerprint density at radius 2 is 2.11 bits per heavy atom. The van der Waals surface area contributed by atoms with Crippen molar-refractivity contribution in [3.05, 3.63) is 0 Å². The lowest BCUT2D eigenvalue weighted by molar-refractivity contribution is -0.138. The van der Waals surface area contributed by atoms with Crippen molar-refractivity contribution in [3.63, 3.8) is 0 Å². The minimum absolute atomic E-state index is 0.0403. The second-order valence-electron chi connectivity index (χ2n) is 5.95. The van der Waals surface area contributed by atoms with Gasteiger partial charge in [-0.15, -0.1) is 0 Å². The second-order valence-corrected chi connectivity index (χ2v) is 5.95. The van der Waals surface area contributed by atoms with Crippen molar-refractivity contribution in [3.8, 4) is 0 Å². The normalized spacial score (nSPS) is 24.9. The van der Waals surface area contributed by atoms with Gasteiger partial charge in [0.15, 0.2) is 0 Å². The molecule has 0 bridgehead atoms. The smallest absolute Gasteiger partial charge is 0.226 e. The fraction of sp³-hybridized carbons (Fsp3) is 0.857. The SMILES string of the molecule is CC(CN)C(=O)N1CCCC(C(=O)NCC2CC2)C1. The molecule has 1 aliphatic heterocycles. The number of carbonyl (C=O) groups excluding carboxylic acids is 2. The van der Waals surface area contributed by atoms with E-state index in [1.165, 1.54) is 12.8 Å². The van der Waals surface area contributed by atoms with E-state index in [9.17, 15) is 9.59 Å². The molecule has 2 rings (SSSR count). The van der Waals surface area contributed by atoms with Crippen LogP contribution in [0.1, 0.15) is 32.6 Å². The quantitative estimate of drug-likeness (QED) is 0.754. The molecule has 5 nitrogen and oxygen atoms in total. The van der Waals surface area contributed by atoms with E-state index in [-0.39, 0.29) is 23.7 Å². The number of amides is 2. The lowest BCUT2D eigenvalue weighted by atomic mass is 9.96. The molecular formula is C14H25N3O2. The summed E-state index contributed by atoms with van der Waals surface area (Å²) in [6.45, 7) is 4.34. The maximum absolute atomic E-state index is 12.1. The van der Waals surface area contributed by atoms with E-state index in [1.54, 1.807) is 0 Å². The largest absolute Gasteiger partial charge is 0.356 e. The molecule has 1 saturated carbocycles. The number of hydrogen-bond acceptors (Lipinski definition) is 3. The van der Waals surface area contributed by atoms with Crippen molar-refractivity contribution in [1.29, 1.82) is 0 Å². The fourth-order valence-corrected chi connectivity index (χ4v) is 2.52. The highest BCUT2D eigenvalue weighted by atomic mass is 16.2. The topological polar surface area (TPSA) is 75.4 Å². The van der Waals surface area contributed by atoms with Crippen molar-refractivity contribution in [2.45, 2.75) is 32.6 Å². The molecule has 0 aromatic rings. The molecule has 108 valence electrons. The molecular weight excluding hydrogens is 242 g/mol. The Bertz CT molecular complexity index is 342. The second kappa shape index (κ2) is 6.37. The van der Waals surface area contributed by atoms with Gasteiger partial charge < -0.3 is 16.0 Å². The number of nitrogens with zero attached hydrogens (tertiary/aromatic N) is 1. The molecule has 3 N–H and O–H groups in total. The number of likely N-dealkylation sites (tertiary alicyclic amines) is 1. The zero-order valence-corrected chi connectivity index (χ0v) is 11.7. The molecule has 1 aliphatic carbocycles. The van der Waals surface area contributed by atoms with Crippen molar-refractivity contribution in [2.75, 3.05) is 26.2 Å². The first-order valence-corrected chi connectivity index (χ1v) is 7.38. The number of rotatable bonds is 5. The van der Waals surface area contributed by atoms with E-state index in [0.717, 1.165) is 25.9 Å². The average molecular weight is 267 g/mol. The summed E-state index contributed by atoms with van der Waals surface area (Å²) in [5, 5.41) is 3.02. The highest BCUT2D eigenvalue weighted by Gasteiger charge is 2.30. The Kier molecular flexibility index (Phi) is 4.80. The van der Waals surface area contributed by atoms with Gasteiger partial charge in [0, 0.05) is 32.1 Å². The monoisotopic (exact) mass is 267 g/mol. The Morgan fingerprint density at radius 1 is 1.37 bits per heavy atom. The third-order valence-electron chi connectivity index (χ3n) is 4.14. The van der Waals surface area contributed by atoms with Crippen molar-refractivity contribution < 1.29 is 9.59 Å². The lowest BCUT2D eigenvalue weighted by Crippen LogP contribution is -2.48. The molecule has 0 aromatic heterocycles. The highest BCUT2D eigenvalue weighted by molar-refractivity contribution is 5.82. The van der Waals surface area contributed by atoms with Gasteiger partial charge in [0.1, 0.15) is 0 Å². The molecule has 2 aliphatic rings. The summed E-state index contributed by atoms with van der Waals surface area (Å²) in [5.74, 6) is 0.712. The predicted octanol–water partition coefficient (Wildman–Crippen LogP) is 0.346. The molecule has 1 heterocycles. The van der Waals surface area contributed by atoms with E-state index in [0.29, 0.717) is 19.0 Å². The summed E-state index contributed by atoms with van der Waals surface area (Å²) in [7, 11) is 0. The third-order valence-corrected chi connectivity index (χ3v) is 4.14. The number of carbonyl (C=O) groups is 2. The number of piperidine rings is 1.